The van der Waals surface area contributed by atoms with Crippen LogP contribution < -0.4 is 0 Å². The first-order valence-electron chi connectivity index (χ1n) is 6.76. The van der Waals surface area contributed by atoms with Crippen molar-refractivity contribution in [1.82, 2.24) is 9.96 Å². The first-order chi connectivity index (χ1) is 9.45. The summed E-state index contributed by atoms with van der Waals surface area (Å²) in [7, 11) is 1.63. The summed E-state index contributed by atoms with van der Waals surface area (Å²) in [5.74, 6) is -1.99. The molecule has 0 saturated carbocycles. The van der Waals surface area contributed by atoms with Crippen LogP contribution >= 0.6 is 0 Å². The molecule has 0 aromatic carbocycles. The van der Waals surface area contributed by atoms with E-state index in [1.165, 1.54) is 4.90 Å². The highest BCUT2D eigenvalue weighted by Crippen LogP contribution is 2.13. The summed E-state index contributed by atoms with van der Waals surface area (Å²) in [5, 5.41) is 0.482. The third kappa shape index (κ3) is 5.38. The smallest absolute Gasteiger partial charge is 0.333 e. The van der Waals surface area contributed by atoms with Gasteiger partial charge in [0.15, 0.2) is 0 Å². The van der Waals surface area contributed by atoms with Gasteiger partial charge in [-0.25, -0.2) is 4.79 Å². The Balaban J connectivity index is 0.00000172. The lowest BCUT2D eigenvalue weighted by Crippen LogP contribution is -2.33. The van der Waals surface area contributed by atoms with Crippen molar-refractivity contribution in [3.8, 4) is 0 Å². The molecular formula is C13H22N2O5. The van der Waals surface area contributed by atoms with E-state index in [0.29, 0.717) is 11.6 Å². The minimum Gasteiger partial charge on any atom is -0.346 e. The van der Waals surface area contributed by atoms with Gasteiger partial charge in [-0.2, -0.15) is 0 Å². The Hall–Kier alpha value is -1.92. The van der Waals surface area contributed by atoms with Crippen LogP contribution in [0, 0.1) is 0 Å². The summed E-state index contributed by atoms with van der Waals surface area (Å²) in [6.07, 6.45) is -0.0349. The summed E-state index contributed by atoms with van der Waals surface area (Å²) in [6, 6.07) is 0. The largest absolute Gasteiger partial charge is 0.346 e. The van der Waals surface area contributed by atoms with Crippen LogP contribution in [0.2, 0.25) is 0 Å². The summed E-state index contributed by atoms with van der Waals surface area (Å²) in [4.78, 5) is 51.2. The van der Waals surface area contributed by atoms with E-state index in [9.17, 15) is 19.2 Å². The van der Waals surface area contributed by atoms with Gasteiger partial charge in [-0.15, -0.1) is 5.06 Å². The summed E-state index contributed by atoms with van der Waals surface area (Å²) >= 11 is 0. The van der Waals surface area contributed by atoms with Gasteiger partial charge in [-0.05, 0) is 6.92 Å². The maximum Gasteiger partial charge on any atom is 0.333 e. The topological polar surface area (TPSA) is 84.0 Å². The zero-order valence-corrected chi connectivity index (χ0v) is 12.5. The molecule has 0 unspecified atom stereocenters. The molecule has 0 aliphatic carbocycles. The fourth-order valence-electron chi connectivity index (χ4n) is 1.38. The SMILES string of the molecule is CC.CCN(C)C(=O)CCC(=O)ON1C(=O)CCC1=O. The Kier molecular flexibility index (Phi) is 8.19. The van der Waals surface area contributed by atoms with E-state index in [0.717, 1.165) is 0 Å². The molecule has 0 aromatic heterocycles. The Bertz CT molecular complexity index is 365. The maximum absolute atomic E-state index is 11.4. The molecule has 1 heterocycles. The number of hydrogen-bond donors (Lipinski definition) is 0. The molecule has 1 rings (SSSR count). The van der Waals surface area contributed by atoms with Gasteiger partial charge in [0, 0.05) is 32.9 Å². The molecule has 0 bridgehead atoms. The Morgan fingerprint density at radius 2 is 1.65 bits per heavy atom. The number of imide groups is 1. The van der Waals surface area contributed by atoms with Crippen molar-refractivity contribution in [2.45, 2.75) is 46.5 Å². The molecule has 0 aromatic rings. The summed E-state index contributed by atoms with van der Waals surface area (Å²) in [5.41, 5.74) is 0. The third-order valence-corrected chi connectivity index (χ3v) is 2.64. The predicted octanol–water partition coefficient (Wildman–Crippen LogP) is 0.878. The molecule has 114 valence electrons. The molecule has 7 nitrogen and oxygen atoms in total. The first-order valence-corrected chi connectivity index (χ1v) is 6.76. The van der Waals surface area contributed by atoms with E-state index in [1.807, 2.05) is 20.8 Å². The molecule has 20 heavy (non-hydrogen) atoms. The van der Waals surface area contributed by atoms with Crippen LogP contribution in [-0.4, -0.2) is 47.2 Å². The molecule has 1 aliphatic heterocycles. The van der Waals surface area contributed by atoms with E-state index in [2.05, 4.69) is 4.84 Å². The molecule has 3 amide bonds. The second-order valence-electron chi connectivity index (χ2n) is 3.95. The van der Waals surface area contributed by atoms with Crippen LogP contribution in [0.3, 0.4) is 0 Å². The number of nitrogens with zero attached hydrogens (tertiary/aromatic N) is 2. The van der Waals surface area contributed by atoms with Crippen LogP contribution in [-0.2, 0) is 24.0 Å². The first kappa shape index (κ1) is 18.1. The molecule has 1 fully saturated rings. The lowest BCUT2D eigenvalue weighted by molar-refractivity contribution is -0.197. The monoisotopic (exact) mass is 286 g/mol. The molecule has 0 N–H and O–H groups in total. The second kappa shape index (κ2) is 9.06. The van der Waals surface area contributed by atoms with Crippen molar-refractivity contribution in [3.05, 3.63) is 0 Å². The van der Waals surface area contributed by atoms with Crippen LogP contribution in [0.5, 0.6) is 0 Å². The average molecular weight is 286 g/mol. The predicted molar refractivity (Wildman–Crippen MR) is 71.1 cm³/mol. The van der Waals surface area contributed by atoms with Crippen LogP contribution in [0.4, 0.5) is 0 Å². The number of carbonyl (C=O) groups excluding carboxylic acids is 4. The number of hydrogen-bond acceptors (Lipinski definition) is 5. The van der Waals surface area contributed by atoms with Crippen molar-refractivity contribution in [3.63, 3.8) is 0 Å². The van der Waals surface area contributed by atoms with Crippen LogP contribution in [0.15, 0.2) is 0 Å². The van der Waals surface area contributed by atoms with Crippen molar-refractivity contribution in [2.24, 2.45) is 0 Å². The lowest BCUT2D eigenvalue weighted by Gasteiger charge is -2.15. The Morgan fingerprint density at radius 3 is 2.10 bits per heavy atom. The molecule has 7 heteroatoms. The van der Waals surface area contributed by atoms with E-state index in [-0.39, 0.29) is 31.6 Å². The minimum atomic E-state index is -0.753. The number of rotatable bonds is 5. The molecule has 0 spiro atoms. The number of hydroxylamine groups is 2. The molecular weight excluding hydrogens is 264 g/mol. The Labute approximate surface area is 118 Å². The zero-order valence-electron chi connectivity index (χ0n) is 12.5. The standard InChI is InChI=1S/C11H16N2O5.C2H6/c1-3-12(2)8(14)6-7-11(17)18-13-9(15)4-5-10(13)16;1-2/h3-7H2,1-2H3;1-2H3. The quantitative estimate of drug-likeness (QED) is 0.700. The molecule has 1 aliphatic rings. The second-order valence-corrected chi connectivity index (χ2v) is 3.95. The van der Waals surface area contributed by atoms with Gasteiger partial charge in [0.25, 0.3) is 11.8 Å². The minimum absolute atomic E-state index is 0.000601. The fraction of sp³-hybridized carbons (Fsp3) is 0.692. The van der Waals surface area contributed by atoms with Gasteiger partial charge in [0.05, 0.1) is 6.42 Å². The molecule has 0 radical (unpaired) electrons. The van der Waals surface area contributed by atoms with Crippen LogP contribution in [0.1, 0.15) is 46.5 Å². The average Bonchev–Trinajstić information content (AvgIpc) is 2.77. The molecule has 1 saturated heterocycles. The highest BCUT2D eigenvalue weighted by Gasteiger charge is 2.32. The van der Waals surface area contributed by atoms with Gasteiger partial charge in [-0.3, -0.25) is 14.4 Å². The lowest BCUT2D eigenvalue weighted by atomic mass is 10.3. The van der Waals surface area contributed by atoms with Gasteiger partial charge in [0.2, 0.25) is 5.91 Å². The number of amides is 3. The van der Waals surface area contributed by atoms with Gasteiger partial charge < -0.3 is 9.74 Å². The van der Waals surface area contributed by atoms with Gasteiger partial charge in [0.1, 0.15) is 0 Å². The Morgan fingerprint density at radius 1 is 1.15 bits per heavy atom. The fourth-order valence-corrected chi connectivity index (χ4v) is 1.38. The third-order valence-electron chi connectivity index (χ3n) is 2.64. The molecule has 0 atom stereocenters. The summed E-state index contributed by atoms with van der Waals surface area (Å²) < 4.78 is 0. The van der Waals surface area contributed by atoms with E-state index in [4.69, 9.17) is 0 Å². The number of carbonyl (C=O) groups is 4. The van der Waals surface area contributed by atoms with Crippen LogP contribution in [0.25, 0.3) is 0 Å². The van der Waals surface area contributed by atoms with E-state index < -0.39 is 17.8 Å². The maximum atomic E-state index is 11.4. The highest BCUT2D eigenvalue weighted by atomic mass is 16.7. The van der Waals surface area contributed by atoms with E-state index >= 15 is 0 Å². The van der Waals surface area contributed by atoms with Crippen molar-refractivity contribution < 1.29 is 24.0 Å². The van der Waals surface area contributed by atoms with Gasteiger partial charge >= 0.3 is 5.97 Å². The van der Waals surface area contributed by atoms with Crippen molar-refractivity contribution in [2.75, 3.05) is 13.6 Å². The summed E-state index contributed by atoms with van der Waals surface area (Å²) in [6.45, 7) is 6.37. The van der Waals surface area contributed by atoms with Gasteiger partial charge in [-0.1, -0.05) is 13.8 Å². The van der Waals surface area contributed by atoms with Crippen molar-refractivity contribution >= 4 is 23.7 Å². The normalized spacial score (nSPS) is 13.7. The van der Waals surface area contributed by atoms with E-state index in [1.54, 1.807) is 7.05 Å². The van der Waals surface area contributed by atoms with Crippen molar-refractivity contribution in [1.29, 1.82) is 0 Å². The zero-order chi connectivity index (χ0) is 15.7. The highest BCUT2D eigenvalue weighted by molar-refractivity contribution is 6.01.